The first kappa shape index (κ1) is 22.1. The molecule has 5 rings (SSSR count). The van der Waals surface area contributed by atoms with E-state index >= 15 is 0 Å². The van der Waals surface area contributed by atoms with Crippen LogP contribution in [0.25, 0.3) is 5.69 Å². The number of hydrogen-bond acceptors (Lipinski definition) is 3. The van der Waals surface area contributed by atoms with E-state index in [1.807, 2.05) is 18.3 Å². The van der Waals surface area contributed by atoms with Crippen molar-refractivity contribution < 1.29 is 4.74 Å². The average Bonchev–Trinajstić information content (AvgIpc) is 3.51. The Morgan fingerprint density at radius 1 is 1.12 bits per heavy atom. The van der Waals surface area contributed by atoms with Gasteiger partial charge in [-0.2, -0.15) is 0 Å². The van der Waals surface area contributed by atoms with Gasteiger partial charge in [-0.15, -0.1) is 0 Å². The molecule has 4 heterocycles. The first-order chi connectivity index (χ1) is 16.0. The van der Waals surface area contributed by atoms with Gasteiger partial charge in [0.05, 0.1) is 23.9 Å². The molecule has 3 unspecified atom stereocenters. The molecule has 1 aromatic carbocycles. The fraction of sp³-hybridized carbons (Fsp3) is 0.407. The smallest absolute Gasteiger partial charge is 0.170 e. The molecular weight excluding hydrogens is 428 g/mol. The lowest BCUT2D eigenvalue weighted by Crippen LogP contribution is -2.36. The van der Waals surface area contributed by atoms with Gasteiger partial charge in [-0.05, 0) is 93.7 Å². The third kappa shape index (κ3) is 3.96. The molecule has 0 amide bonds. The molecule has 0 aliphatic carbocycles. The van der Waals surface area contributed by atoms with E-state index in [4.69, 9.17) is 21.9 Å². The Hall–Kier alpha value is -2.70. The monoisotopic (exact) mass is 460 g/mol. The third-order valence-electron chi connectivity index (χ3n) is 7.23. The van der Waals surface area contributed by atoms with Gasteiger partial charge in [0.15, 0.2) is 5.11 Å². The highest BCUT2D eigenvalue weighted by molar-refractivity contribution is 7.80. The van der Waals surface area contributed by atoms with Gasteiger partial charge in [-0.25, -0.2) is 0 Å². The number of rotatable bonds is 5. The number of ether oxygens (including phenoxy) is 1. The van der Waals surface area contributed by atoms with Crippen molar-refractivity contribution in [2.24, 2.45) is 0 Å². The number of pyridine rings is 1. The SMILES string of the molecule is Cc1cccc(-n2c(C)cc(C3C(c4ccccn4)NC(=S)N3CC3CCCO3)c2C)c1C. The van der Waals surface area contributed by atoms with Crippen LogP contribution in [-0.2, 0) is 4.74 Å². The van der Waals surface area contributed by atoms with E-state index in [1.165, 1.54) is 33.8 Å². The van der Waals surface area contributed by atoms with Gasteiger partial charge >= 0.3 is 0 Å². The molecule has 6 heteroatoms. The van der Waals surface area contributed by atoms with Crippen molar-refractivity contribution in [1.29, 1.82) is 0 Å². The highest BCUT2D eigenvalue weighted by Crippen LogP contribution is 2.42. The Morgan fingerprint density at radius 2 is 1.97 bits per heavy atom. The first-order valence-corrected chi connectivity index (χ1v) is 12.2. The van der Waals surface area contributed by atoms with Crippen LogP contribution in [0, 0.1) is 27.7 Å². The number of hydrogen-bond donors (Lipinski definition) is 1. The van der Waals surface area contributed by atoms with Crippen LogP contribution in [0.15, 0.2) is 48.7 Å². The van der Waals surface area contributed by atoms with Crippen molar-refractivity contribution in [3.8, 4) is 5.69 Å². The topological polar surface area (TPSA) is 42.3 Å². The first-order valence-electron chi connectivity index (χ1n) is 11.8. The fourth-order valence-corrected chi connectivity index (χ4v) is 5.70. The molecule has 2 aliphatic rings. The van der Waals surface area contributed by atoms with Crippen LogP contribution in [0.4, 0.5) is 0 Å². The number of aryl methyl sites for hydroxylation is 2. The summed E-state index contributed by atoms with van der Waals surface area (Å²) < 4.78 is 8.38. The normalized spacial score (nSPS) is 22.7. The molecule has 5 nitrogen and oxygen atoms in total. The number of aromatic nitrogens is 2. The summed E-state index contributed by atoms with van der Waals surface area (Å²) in [6.07, 6.45) is 4.28. The molecule has 0 bridgehead atoms. The minimum Gasteiger partial charge on any atom is -0.376 e. The zero-order chi connectivity index (χ0) is 23.1. The Balaban J connectivity index is 1.61. The number of thiocarbonyl (C=S) groups is 1. The van der Waals surface area contributed by atoms with Crippen LogP contribution < -0.4 is 5.32 Å². The van der Waals surface area contributed by atoms with Crippen LogP contribution >= 0.6 is 12.2 Å². The second-order valence-electron chi connectivity index (χ2n) is 9.29. The van der Waals surface area contributed by atoms with Crippen LogP contribution in [0.2, 0.25) is 0 Å². The summed E-state index contributed by atoms with van der Waals surface area (Å²) in [4.78, 5) is 7.03. The quantitative estimate of drug-likeness (QED) is 0.526. The molecule has 33 heavy (non-hydrogen) atoms. The summed E-state index contributed by atoms with van der Waals surface area (Å²) in [7, 11) is 0. The van der Waals surface area contributed by atoms with E-state index < -0.39 is 0 Å². The average molecular weight is 461 g/mol. The van der Waals surface area contributed by atoms with Crippen LogP contribution in [0.3, 0.4) is 0 Å². The minimum atomic E-state index is -0.00680. The van der Waals surface area contributed by atoms with Gasteiger partial charge in [0.1, 0.15) is 0 Å². The summed E-state index contributed by atoms with van der Waals surface area (Å²) >= 11 is 5.87. The molecule has 2 aromatic heterocycles. The zero-order valence-corrected chi connectivity index (χ0v) is 20.7. The van der Waals surface area contributed by atoms with E-state index in [0.29, 0.717) is 0 Å². The van der Waals surface area contributed by atoms with E-state index in [2.05, 4.69) is 72.8 Å². The molecule has 2 saturated heterocycles. The minimum absolute atomic E-state index is 0.00680. The highest BCUT2D eigenvalue weighted by Gasteiger charge is 2.42. The maximum Gasteiger partial charge on any atom is 0.170 e. The lowest BCUT2D eigenvalue weighted by molar-refractivity contribution is 0.0842. The lowest BCUT2D eigenvalue weighted by Gasteiger charge is -2.30. The molecule has 2 aliphatic heterocycles. The summed E-state index contributed by atoms with van der Waals surface area (Å²) in [6, 6.07) is 15.0. The number of nitrogens with zero attached hydrogens (tertiary/aromatic N) is 3. The van der Waals surface area contributed by atoms with Gasteiger partial charge < -0.3 is 19.5 Å². The summed E-state index contributed by atoms with van der Waals surface area (Å²) in [5.74, 6) is 0. The number of nitrogens with one attached hydrogen (secondary N) is 1. The van der Waals surface area contributed by atoms with E-state index in [1.54, 1.807) is 0 Å². The zero-order valence-electron chi connectivity index (χ0n) is 19.8. The predicted molar refractivity (Wildman–Crippen MR) is 136 cm³/mol. The van der Waals surface area contributed by atoms with Gasteiger partial charge in [0, 0.05) is 36.4 Å². The van der Waals surface area contributed by atoms with Crippen LogP contribution in [-0.4, -0.2) is 38.8 Å². The summed E-state index contributed by atoms with van der Waals surface area (Å²) in [5.41, 5.74) is 8.62. The van der Waals surface area contributed by atoms with Crippen LogP contribution in [0.5, 0.6) is 0 Å². The van der Waals surface area contributed by atoms with E-state index in [-0.39, 0.29) is 18.2 Å². The standard InChI is InChI=1S/C27H32N4OS/c1-17-9-7-12-24(19(17)3)31-18(2)15-22(20(31)4)26-25(23-11-5-6-13-28-23)29-27(33)30(26)16-21-10-8-14-32-21/h5-7,9,11-13,15,21,25-26H,8,10,14,16H2,1-4H3,(H,29,33). The van der Waals surface area contributed by atoms with Crippen LogP contribution in [0.1, 0.15) is 58.7 Å². The Morgan fingerprint density at radius 3 is 2.70 bits per heavy atom. The van der Waals surface area contributed by atoms with E-state index in [0.717, 1.165) is 36.8 Å². The van der Waals surface area contributed by atoms with Crippen molar-refractivity contribution in [3.05, 3.63) is 82.4 Å². The maximum absolute atomic E-state index is 6.00. The van der Waals surface area contributed by atoms with E-state index in [9.17, 15) is 0 Å². The van der Waals surface area contributed by atoms with Crippen molar-refractivity contribution in [2.45, 2.75) is 58.7 Å². The number of benzene rings is 1. The Labute approximate surface area is 201 Å². The van der Waals surface area contributed by atoms with Gasteiger partial charge in [0.25, 0.3) is 0 Å². The van der Waals surface area contributed by atoms with Gasteiger partial charge in [0.2, 0.25) is 0 Å². The highest BCUT2D eigenvalue weighted by atomic mass is 32.1. The van der Waals surface area contributed by atoms with Gasteiger partial charge in [-0.1, -0.05) is 18.2 Å². The molecule has 0 radical (unpaired) electrons. The molecule has 1 N–H and O–H groups in total. The second kappa shape index (κ2) is 8.92. The molecular formula is C27H32N4OS. The largest absolute Gasteiger partial charge is 0.376 e. The maximum atomic E-state index is 6.00. The van der Waals surface area contributed by atoms with Crippen molar-refractivity contribution in [1.82, 2.24) is 19.8 Å². The second-order valence-corrected chi connectivity index (χ2v) is 9.68. The third-order valence-corrected chi connectivity index (χ3v) is 7.58. The summed E-state index contributed by atoms with van der Waals surface area (Å²) in [5, 5.41) is 4.37. The fourth-order valence-electron chi connectivity index (χ4n) is 5.38. The molecule has 172 valence electrons. The molecule has 2 fully saturated rings. The van der Waals surface area contributed by atoms with Crippen molar-refractivity contribution in [3.63, 3.8) is 0 Å². The van der Waals surface area contributed by atoms with Crippen molar-refractivity contribution in [2.75, 3.05) is 13.2 Å². The predicted octanol–water partition coefficient (Wildman–Crippen LogP) is 5.26. The Bertz CT molecular complexity index is 1170. The lowest BCUT2D eigenvalue weighted by atomic mass is 9.96. The summed E-state index contributed by atoms with van der Waals surface area (Å²) in [6.45, 7) is 10.4. The molecule has 0 spiro atoms. The Kier molecular flexibility index (Phi) is 5.97. The van der Waals surface area contributed by atoms with Gasteiger partial charge in [-0.3, -0.25) is 4.98 Å². The molecule has 3 aromatic rings. The van der Waals surface area contributed by atoms with Crippen molar-refractivity contribution >= 4 is 17.3 Å². The molecule has 0 saturated carbocycles. The molecule has 3 atom stereocenters.